The molecule has 50 heavy (non-hydrogen) atoms. The molecule has 8 nitrogen and oxygen atoms in total. The van der Waals surface area contributed by atoms with Crippen LogP contribution in [0.15, 0.2) is 109 Å². The van der Waals surface area contributed by atoms with Crippen molar-refractivity contribution in [1.29, 1.82) is 0 Å². The molecule has 4 aliphatic rings. The summed E-state index contributed by atoms with van der Waals surface area (Å²) in [5.74, 6) is -1.27. The lowest BCUT2D eigenvalue weighted by molar-refractivity contribution is -0.124. The maximum absolute atomic E-state index is 12.6. The van der Waals surface area contributed by atoms with E-state index in [0.717, 1.165) is 71.8 Å². The molecule has 6 heterocycles. The molecule has 0 radical (unpaired) electrons. The van der Waals surface area contributed by atoms with E-state index in [1.54, 1.807) is 0 Å². The highest BCUT2D eigenvalue weighted by molar-refractivity contribution is 6.51. The lowest BCUT2D eigenvalue weighted by Crippen LogP contribution is -2.22. The summed E-state index contributed by atoms with van der Waals surface area (Å²) in [6.07, 6.45) is 8.35. The van der Waals surface area contributed by atoms with Crippen LogP contribution in [0.2, 0.25) is 0 Å². The van der Waals surface area contributed by atoms with Crippen LogP contribution in [0, 0.1) is 0 Å². The Morgan fingerprint density at radius 1 is 0.440 bits per heavy atom. The first-order valence-electron chi connectivity index (χ1n) is 17.0. The van der Waals surface area contributed by atoms with Crippen LogP contribution in [0.1, 0.15) is 46.2 Å². The van der Waals surface area contributed by atoms with Gasteiger partial charge in [-0.15, -0.1) is 0 Å². The van der Waals surface area contributed by atoms with Crippen LogP contribution in [-0.4, -0.2) is 32.8 Å². The third-order valence-electron chi connectivity index (χ3n) is 10.2. The van der Waals surface area contributed by atoms with E-state index in [4.69, 9.17) is 0 Å². The minimum atomic E-state index is -0.321. The number of hydrogen-bond acceptors (Lipinski definition) is 4. The molecular weight excluding hydrogens is 624 g/mol. The number of aryl methyl sites for hydroxylation is 4. The molecule has 0 spiro atoms. The van der Waals surface area contributed by atoms with Gasteiger partial charge in [-0.2, -0.15) is 0 Å². The van der Waals surface area contributed by atoms with Gasteiger partial charge in [-0.3, -0.25) is 29.8 Å². The number of aromatic nitrogens is 2. The summed E-state index contributed by atoms with van der Waals surface area (Å²) >= 11 is 0. The van der Waals surface area contributed by atoms with Crippen molar-refractivity contribution >= 4 is 67.7 Å². The highest BCUT2D eigenvalue weighted by Crippen LogP contribution is 2.40. The first kappa shape index (κ1) is 29.8. The zero-order valence-electron chi connectivity index (χ0n) is 27.2. The third kappa shape index (κ3) is 4.67. The van der Waals surface area contributed by atoms with Crippen LogP contribution in [0.5, 0.6) is 0 Å². The number of benzene rings is 4. The van der Waals surface area contributed by atoms with E-state index in [9.17, 15) is 19.2 Å². The second-order valence-corrected chi connectivity index (χ2v) is 13.1. The Hall–Kier alpha value is -6.28. The summed E-state index contributed by atoms with van der Waals surface area (Å²) < 4.78 is 4.43. The summed E-state index contributed by atoms with van der Waals surface area (Å²) in [5.41, 5.74) is 10.1. The van der Waals surface area contributed by atoms with E-state index >= 15 is 0 Å². The van der Waals surface area contributed by atoms with Gasteiger partial charge in [-0.1, -0.05) is 97.1 Å². The second-order valence-electron chi connectivity index (χ2n) is 13.1. The topological polar surface area (TPSA) is 102 Å². The molecule has 4 amide bonds. The highest BCUT2D eigenvalue weighted by atomic mass is 16.2. The van der Waals surface area contributed by atoms with E-state index in [1.165, 1.54) is 22.2 Å². The first-order valence-corrected chi connectivity index (χ1v) is 17.0. The first-order chi connectivity index (χ1) is 24.5. The van der Waals surface area contributed by atoms with Crippen molar-refractivity contribution in [2.45, 2.75) is 38.8 Å². The predicted molar refractivity (Wildman–Crippen MR) is 193 cm³/mol. The van der Waals surface area contributed by atoms with Crippen LogP contribution in [-0.2, 0) is 45.1 Å². The van der Waals surface area contributed by atoms with E-state index < -0.39 is 0 Å². The molecule has 0 saturated carbocycles. The van der Waals surface area contributed by atoms with Gasteiger partial charge in [0.15, 0.2) is 0 Å². The number of carbonyl (C=O) groups excluding carboxylic acids is 4. The fourth-order valence-electron chi connectivity index (χ4n) is 8.09. The average Bonchev–Trinajstić information content (AvgIpc) is 3.87. The van der Waals surface area contributed by atoms with Crippen molar-refractivity contribution < 1.29 is 19.2 Å². The molecule has 0 unspecified atom stereocenters. The molecule has 2 N–H and O–H groups in total. The maximum Gasteiger partial charge on any atom is 0.259 e. The minimum Gasteiger partial charge on any atom is -0.347 e. The number of imide groups is 2. The van der Waals surface area contributed by atoms with Crippen molar-refractivity contribution in [3.63, 3.8) is 0 Å². The number of nitrogens with one attached hydrogen (secondary N) is 2. The maximum atomic E-state index is 12.6. The van der Waals surface area contributed by atoms with Gasteiger partial charge in [-0.25, -0.2) is 0 Å². The number of rotatable bonds is 4. The molecule has 0 fully saturated rings. The van der Waals surface area contributed by atoms with E-state index in [1.807, 2.05) is 97.3 Å². The Kier molecular flexibility index (Phi) is 6.98. The fraction of sp³-hybridized carbons (Fsp3) is 0.143. The van der Waals surface area contributed by atoms with Crippen molar-refractivity contribution in [2.75, 3.05) is 0 Å². The van der Waals surface area contributed by atoms with Gasteiger partial charge in [0.1, 0.15) is 0 Å². The van der Waals surface area contributed by atoms with Crippen molar-refractivity contribution in [1.82, 2.24) is 19.8 Å². The Labute approximate surface area is 287 Å². The average molecular weight is 657 g/mol. The quantitative estimate of drug-likeness (QED) is 0.217. The van der Waals surface area contributed by atoms with Crippen LogP contribution in [0.3, 0.4) is 0 Å². The van der Waals surface area contributed by atoms with Crippen LogP contribution < -0.4 is 10.6 Å². The molecule has 4 aliphatic heterocycles. The molecule has 2 aromatic heterocycles. The lowest BCUT2D eigenvalue weighted by Gasteiger charge is -2.14. The van der Waals surface area contributed by atoms with Gasteiger partial charge in [0.25, 0.3) is 23.6 Å². The third-order valence-corrected chi connectivity index (χ3v) is 10.2. The SMILES string of the molecule is O=C1NC(=O)C(c2cn3c4c(cccc24)CCC3)=C1c1ccccc1.O=C1NC(=O)C(c2cn3c4c(cccc24)CCC3)=C1c1ccccc1. The second kappa shape index (κ2) is 11.7. The highest BCUT2D eigenvalue weighted by Gasteiger charge is 2.35. The van der Waals surface area contributed by atoms with E-state index in [-0.39, 0.29) is 23.6 Å². The van der Waals surface area contributed by atoms with Gasteiger partial charge in [0, 0.05) is 47.4 Å². The molecule has 4 aromatic carbocycles. The standard InChI is InChI=1S/2C21H16N2O2/c2*24-20-17(13-6-2-1-3-7-13)18(21(25)22-20)16-12-23-11-5-9-14-8-4-10-15(16)19(14)23/h2*1-4,6-8,10,12H,5,9,11H2,(H,22,24,25). The lowest BCUT2D eigenvalue weighted by atomic mass is 9.95. The predicted octanol–water partition coefficient (Wildman–Crippen LogP) is 6.31. The number of hydrogen-bond donors (Lipinski definition) is 2. The Morgan fingerprint density at radius 3 is 1.26 bits per heavy atom. The van der Waals surface area contributed by atoms with E-state index in [0.29, 0.717) is 22.3 Å². The smallest absolute Gasteiger partial charge is 0.259 e. The summed E-state index contributed by atoms with van der Waals surface area (Å²) in [4.78, 5) is 50.2. The summed E-state index contributed by atoms with van der Waals surface area (Å²) in [6, 6.07) is 31.3. The van der Waals surface area contributed by atoms with Gasteiger partial charge in [-0.05, 0) is 47.9 Å². The number of nitrogens with zero attached hydrogens (tertiary/aromatic N) is 2. The molecular formula is C42H32N4O4. The molecule has 6 aromatic rings. The van der Waals surface area contributed by atoms with Gasteiger partial charge >= 0.3 is 0 Å². The summed E-state index contributed by atoms with van der Waals surface area (Å²) in [6.45, 7) is 1.88. The zero-order valence-corrected chi connectivity index (χ0v) is 27.2. The van der Waals surface area contributed by atoms with Crippen LogP contribution in [0.25, 0.3) is 44.1 Å². The van der Waals surface area contributed by atoms with Crippen LogP contribution >= 0.6 is 0 Å². The van der Waals surface area contributed by atoms with E-state index in [2.05, 4.69) is 31.9 Å². The molecule has 0 aliphatic carbocycles. The molecule has 8 heteroatoms. The Morgan fingerprint density at radius 2 is 0.840 bits per heavy atom. The van der Waals surface area contributed by atoms with Gasteiger partial charge in [0.05, 0.1) is 33.3 Å². The van der Waals surface area contributed by atoms with Crippen LogP contribution in [0.4, 0.5) is 0 Å². The van der Waals surface area contributed by atoms with Crippen molar-refractivity contribution in [3.05, 3.63) is 143 Å². The largest absolute Gasteiger partial charge is 0.347 e. The van der Waals surface area contributed by atoms with Gasteiger partial charge in [0.2, 0.25) is 0 Å². The summed E-state index contributed by atoms with van der Waals surface area (Å²) in [7, 11) is 0. The summed E-state index contributed by atoms with van der Waals surface area (Å²) in [5, 5.41) is 7.04. The number of amides is 4. The van der Waals surface area contributed by atoms with Gasteiger partial charge < -0.3 is 9.13 Å². The molecule has 0 bridgehead atoms. The number of carbonyl (C=O) groups is 4. The fourth-order valence-corrected chi connectivity index (χ4v) is 8.09. The molecule has 244 valence electrons. The normalized spacial score (nSPS) is 16.6. The molecule has 10 rings (SSSR count). The van der Waals surface area contributed by atoms with Crippen molar-refractivity contribution in [3.8, 4) is 0 Å². The Balaban J connectivity index is 0.000000135. The minimum absolute atomic E-state index is 0.312. The number of para-hydroxylation sites is 2. The monoisotopic (exact) mass is 656 g/mol. The van der Waals surface area contributed by atoms with Crippen molar-refractivity contribution in [2.24, 2.45) is 0 Å². The molecule has 0 atom stereocenters. The zero-order chi connectivity index (χ0) is 33.9. The molecule has 0 saturated heterocycles. The Bertz CT molecular complexity index is 2320.